The lowest BCUT2D eigenvalue weighted by Crippen LogP contribution is -2.30. The van der Waals surface area contributed by atoms with Gasteiger partial charge >= 0.3 is 6.36 Å². The number of hydrogen-bond donors (Lipinski definition) is 0. The number of halogens is 3. The number of aromatic nitrogens is 1. The van der Waals surface area contributed by atoms with Gasteiger partial charge in [-0.3, -0.25) is 9.78 Å². The zero-order chi connectivity index (χ0) is 19.3. The van der Waals surface area contributed by atoms with Crippen molar-refractivity contribution in [3.05, 3.63) is 84.1 Å². The number of ether oxygens (including phenoxy) is 1. The van der Waals surface area contributed by atoms with Gasteiger partial charge < -0.3 is 14.1 Å². The Hall–Kier alpha value is -3.29. The fourth-order valence-corrected chi connectivity index (χ4v) is 2.48. The fraction of sp³-hybridized carbons (Fsp3) is 0.158. The van der Waals surface area contributed by atoms with Gasteiger partial charge in [0.1, 0.15) is 11.5 Å². The molecule has 1 amide bonds. The van der Waals surface area contributed by atoms with E-state index in [0.29, 0.717) is 5.76 Å². The number of benzene rings is 1. The number of pyridine rings is 1. The van der Waals surface area contributed by atoms with Crippen LogP contribution in [0.2, 0.25) is 0 Å². The highest BCUT2D eigenvalue weighted by atomic mass is 19.4. The summed E-state index contributed by atoms with van der Waals surface area (Å²) in [4.78, 5) is 18.4. The number of nitrogens with zero attached hydrogens (tertiary/aromatic N) is 2. The molecule has 8 heteroatoms. The SMILES string of the molecule is O=C(c1ccc(OC(F)(F)F)cc1)N(Cc1cccnc1)Cc1ccco1. The molecule has 0 fully saturated rings. The second kappa shape index (κ2) is 7.94. The Kier molecular flexibility index (Phi) is 5.44. The molecule has 0 saturated heterocycles. The predicted octanol–water partition coefficient (Wildman–Crippen LogP) is 4.42. The lowest BCUT2D eigenvalue weighted by molar-refractivity contribution is -0.274. The van der Waals surface area contributed by atoms with E-state index in [-0.39, 0.29) is 30.3 Å². The average molecular weight is 376 g/mol. The van der Waals surface area contributed by atoms with Crippen molar-refractivity contribution in [2.75, 3.05) is 0 Å². The third-order valence-corrected chi connectivity index (χ3v) is 3.65. The zero-order valence-electron chi connectivity index (χ0n) is 14.0. The van der Waals surface area contributed by atoms with E-state index in [1.54, 1.807) is 30.6 Å². The Morgan fingerprint density at radius 3 is 2.44 bits per heavy atom. The van der Waals surface area contributed by atoms with Crippen molar-refractivity contribution < 1.29 is 27.1 Å². The predicted molar refractivity (Wildman–Crippen MR) is 89.6 cm³/mol. The molecule has 2 aromatic heterocycles. The second-order valence-corrected chi connectivity index (χ2v) is 5.67. The van der Waals surface area contributed by atoms with Crippen LogP contribution in [-0.4, -0.2) is 22.2 Å². The Bertz CT molecular complexity index is 863. The molecule has 0 aliphatic rings. The summed E-state index contributed by atoms with van der Waals surface area (Å²) in [5.74, 6) is -0.151. The molecule has 2 heterocycles. The van der Waals surface area contributed by atoms with Crippen LogP contribution in [0.1, 0.15) is 21.7 Å². The van der Waals surface area contributed by atoms with E-state index in [4.69, 9.17) is 4.42 Å². The minimum atomic E-state index is -4.78. The van der Waals surface area contributed by atoms with Crippen LogP contribution in [-0.2, 0) is 13.1 Å². The summed E-state index contributed by atoms with van der Waals surface area (Å²) in [6.07, 6.45) is -0.00720. The highest BCUT2D eigenvalue weighted by Gasteiger charge is 2.31. The van der Waals surface area contributed by atoms with E-state index in [0.717, 1.165) is 17.7 Å². The molecule has 0 unspecified atom stereocenters. The number of amides is 1. The molecule has 3 rings (SSSR count). The number of hydrogen-bond acceptors (Lipinski definition) is 4. The first-order valence-corrected chi connectivity index (χ1v) is 7.97. The Balaban J connectivity index is 1.79. The molecular weight excluding hydrogens is 361 g/mol. The van der Waals surface area contributed by atoms with Crippen LogP contribution in [0.15, 0.2) is 71.6 Å². The van der Waals surface area contributed by atoms with Gasteiger partial charge in [0.2, 0.25) is 0 Å². The van der Waals surface area contributed by atoms with Crippen LogP contribution in [0.25, 0.3) is 0 Å². The molecule has 0 spiro atoms. The summed E-state index contributed by atoms with van der Waals surface area (Å²) in [7, 11) is 0. The first kappa shape index (κ1) is 18.5. The summed E-state index contributed by atoms with van der Waals surface area (Å²) in [5.41, 5.74) is 1.05. The highest BCUT2D eigenvalue weighted by molar-refractivity contribution is 5.94. The monoisotopic (exact) mass is 376 g/mol. The summed E-state index contributed by atoms with van der Waals surface area (Å²) in [6, 6.07) is 11.8. The summed E-state index contributed by atoms with van der Waals surface area (Å²) in [5, 5.41) is 0. The Morgan fingerprint density at radius 2 is 1.85 bits per heavy atom. The molecule has 5 nitrogen and oxygen atoms in total. The van der Waals surface area contributed by atoms with Gasteiger partial charge in [0, 0.05) is 24.5 Å². The largest absolute Gasteiger partial charge is 0.573 e. The molecule has 0 aliphatic carbocycles. The minimum absolute atomic E-state index is 0.210. The van der Waals surface area contributed by atoms with Gasteiger partial charge in [-0.15, -0.1) is 13.2 Å². The molecule has 0 radical (unpaired) electrons. The van der Waals surface area contributed by atoms with Crippen LogP contribution >= 0.6 is 0 Å². The lowest BCUT2D eigenvalue weighted by atomic mass is 10.1. The molecular formula is C19H15F3N2O3. The van der Waals surface area contributed by atoms with Crippen LogP contribution < -0.4 is 4.74 Å². The molecule has 27 heavy (non-hydrogen) atoms. The van der Waals surface area contributed by atoms with Gasteiger partial charge in [-0.1, -0.05) is 6.07 Å². The van der Waals surface area contributed by atoms with E-state index in [1.165, 1.54) is 23.3 Å². The van der Waals surface area contributed by atoms with Crippen molar-refractivity contribution in [2.24, 2.45) is 0 Å². The average Bonchev–Trinajstić information content (AvgIpc) is 3.14. The van der Waals surface area contributed by atoms with Crippen molar-refractivity contribution in [3.8, 4) is 5.75 Å². The van der Waals surface area contributed by atoms with E-state index >= 15 is 0 Å². The van der Waals surface area contributed by atoms with Crippen molar-refractivity contribution in [2.45, 2.75) is 19.5 Å². The van der Waals surface area contributed by atoms with Crippen molar-refractivity contribution >= 4 is 5.91 Å². The van der Waals surface area contributed by atoms with E-state index in [9.17, 15) is 18.0 Å². The van der Waals surface area contributed by atoms with Crippen molar-refractivity contribution in [3.63, 3.8) is 0 Å². The second-order valence-electron chi connectivity index (χ2n) is 5.67. The standard InChI is InChI=1S/C19H15F3N2O3/c20-19(21,22)27-16-7-5-15(6-8-16)18(25)24(13-17-4-2-10-26-17)12-14-3-1-9-23-11-14/h1-11H,12-13H2. The number of furan rings is 1. The van der Waals surface area contributed by atoms with E-state index < -0.39 is 6.36 Å². The molecule has 0 bridgehead atoms. The maximum atomic E-state index is 12.9. The van der Waals surface area contributed by atoms with E-state index in [2.05, 4.69) is 9.72 Å². The summed E-state index contributed by atoms with van der Waals surface area (Å²) in [6.45, 7) is 0.482. The normalized spacial score (nSPS) is 11.2. The van der Waals surface area contributed by atoms with Gasteiger partial charge in [-0.05, 0) is 48.0 Å². The van der Waals surface area contributed by atoms with Gasteiger partial charge in [-0.2, -0.15) is 0 Å². The van der Waals surface area contributed by atoms with Crippen LogP contribution in [0, 0.1) is 0 Å². The topological polar surface area (TPSA) is 55.6 Å². The lowest BCUT2D eigenvalue weighted by Gasteiger charge is -2.22. The van der Waals surface area contributed by atoms with Gasteiger partial charge in [0.05, 0.1) is 12.8 Å². The molecule has 3 aromatic rings. The third kappa shape index (κ3) is 5.34. The molecule has 0 saturated carbocycles. The number of carbonyl (C=O) groups is 1. The maximum Gasteiger partial charge on any atom is 0.573 e. The first-order chi connectivity index (χ1) is 12.9. The molecule has 0 atom stereocenters. The van der Waals surface area contributed by atoms with Gasteiger partial charge in [0.15, 0.2) is 0 Å². The number of rotatable bonds is 6. The number of carbonyl (C=O) groups excluding carboxylic acids is 1. The number of alkyl halides is 3. The van der Waals surface area contributed by atoms with Gasteiger partial charge in [0.25, 0.3) is 5.91 Å². The zero-order valence-corrected chi connectivity index (χ0v) is 14.0. The van der Waals surface area contributed by atoms with Crippen LogP contribution in [0.5, 0.6) is 5.75 Å². The van der Waals surface area contributed by atoms with Crippen molar-refractivity contribution in [1.82, 2.24) is 9.88 Å². The molecule has 0 aliphatic heterocycles. The van der Waals surface area contributed by atoms with E-state index in [1.807, 2.05) is 6.07 Å². The maximum absolute atomic E-state index is 12.9. The van der Waals surface area contributed by atoms with Gasteiger partial charge in [-0.25, -0.2) is 0 Å². The molecule has 1 aromatic carbocycles. The molecule has 0 N–H and O–H groups in total. The minimum Gasteiger partial charge on any atom is -0.467 e. The summed E-state index contributed by atoms with van der Waals surface area (Å²) < 4.78 is 45.9. The Labute approximate surface area is 153 Å². The van der Waals surface area contributed by atoms with Crippen LogP contribution in [0.4, 0.5) is 13.2 Å². The third-order valence-electron chi connectivity index (χ3n) is 3.65. The van der Waals surface area contributed by atoms with Crippen LogP contribution in [0.3, 0.4) is 0 Å². The quantitative estimate of drug-likeness (QED) is 0.639. The highest BCUT2D eigenvalue weighted by Crippen LogP contribution is 2.23. The van der Waals surface area contributed by atoms with Crippen molar-refractivity contribution in [1.29, 1.82) is 0 Å². The Morgan fingerprint density at radius 1 is 1.07 bits per heavy atom. The molecule has 140 valence electrons. The smallest absolute Gasteiger partial charge is 0.467 e. The summed E-state index contributed by atoms with van der Waals surface area (Å²) >= 11 is 0. The first-order valence-electron chi connectivity index (χ1n) is 7.97. The fourth-order valence-electron chi connectivity index (χ4n) is 2.48.